The van der Waals surface area contributed by atoms with Crippen molar-refractivity contribution in [3.05, 3.63) is 52.5 Å². The van der Waals surface area contributed by atoms with Crippen molar-refractivity contribution in [3.63, 3.8) is 0 Å². The lowest BCUT2D eigenvalue weighted by atomic mass is 10.2. The predicted molar refractivity (Wildman–Crippen MR) is 68.6 cm³/mol. The third-order valence-electron chi connectivity index (χ3n) is 2.36. The lowest BCUT2D eigenvalue weighted by molar-refractivity contribution is 0.0938. The van der Waals surface area contributed by atoms with E-state index < -0.39 is 0 Å². The molecule has 1 unspecified atom stereocenters. The van der Waals surface area contributed by atoms with Crippen LogP contribution in [0.3, 0.4) is 0 Å². The van der Waals surface area contributed by atoms with E-state index in [1.807, 2.05) is 19.1 Å². The first-order valence-corrected chi connectivity index (χ1v) is 6.02. The molecule has 0 aliphatic rings. The van der Waals surface area contributed by atoms with Crippen LogP contribution < -0.4 is 5.32 Å². The number of aromatic amines is 1. The molecule has 0 radical (unpaired) electrons. The molecule has 0 fully saturated rings. The van der Waals surface area contributed by atoms with E-state index in [2.05, 4.69) is 31.2 Å². The van der Waals surface area contributed by atoms with Crippen LogP contribution in [0.15, 0.2) is 41.1 Å². The second kappa shape index (κ2) is 5.14. The molecule has 1 atom stereocenters. The maximum atomic E-state index is 11.9. The van der Waals surface area contributed by atoms with Crippen molar-refractivity contribution in [2.75, 3.05) is 0 Å². The molecule has 0 saturated heterocycles. The Morgan fingerprint density at radius 2 is 2.35 bits per heavy atom. The van der Waals surface area contributed by atoms with Gasteiger partial charge in [0.05, 0.1) is 6.04 Å². The minimum Gasteiger partial charge on any atom is -0.347 e. The predicted octanol–water partition coefficient (Wildman–Crippen LogP) is 2.66. The zero-order valence-corrected chi connectivity index (χ0v) is 10.9. The van der Waals surface area contributed by atoms with Crippen LogP contribution in [0.4, 0.5) is 0 Å². The first kappa shape index (κ1) is 11.9. The Bertz CT molecular complexity index is 510. The standard InChI is InChI=1S/C12H12BrN3O/c1-8(11-14-5-6-15-11)16-12(17)9-3-2-4-10(13)7-9/h2-8H,1H3,(H,14,15)(H,16,17). The van der Waals surface area contributed by atoms with E-state index in [1.165, 1.54) is 0 Å². The van der Waals surface area contributed by atoms with Gasteiger partial charge < -0.3 is 10.3 Å². The summed E-state index contributed by atoms with van der Waals surface area (Å²) in [7, 11) is 0. The largest absolute Gasteiger partial charge is 0.347 e. The van der Waals surface area contributed by atoms with Crippen molar-refractivity contribution >= 4 is 21.8 Å². The average molecular weight is 294 g/mol. The van der Waals surface area contributed by atoms with Crippen LogP contribution in [-0.2, 0) is 0 Å². The number of hydrogen-bond donors (Lipinski definition) is 2. The van der Waals surface area contributed by atoms with Crippen molar-refractivity contribution in [2.24, 2.45) is 0 Å². The van der Waals surface area contributed by atoms with E-state index in [4.69, 9.17) is 0 Å². The maximum absolute atomic E-state index is 11.9. The van der Waals surface area contributed by atoms with Gasteiger partial charge in [-0.1, -0.05) is 22.0 Å². The highest BCUT2D eigenvalue weighted by Gasteiger charge is 2.12. The molecule has 1 amide bonds. The summed E-state index contributed by atoms with van der Waals surface area (Å²) >= 11 is 3.34. The molecule has 2 rings (SSSR count). The second-order valence-electron chi connectivity index (χ2n) is 3.68. The molecule has 1 heterocycles. The maximum Gasteiger partial charge on any atom is 0.251 e. The molecule has 0 saturated carbocycles. The number of hydrogen-bond acceptors (Lipinski definition) is 2. The summed E-state index contributed by atoms with van der Waals surface area (Å²) in [5.41, 5.74) is 0.623. The SMILES string of the molecule is CC(NC(=O)c1cccc(Br)c1)c1ncc[nH]1. The lowest BCUT2D eigenvalue weighted by Gasteiger charge is -2.11. The molecule has 0 aliphatic heterocycles. The number of H-pyrrole nitrogens is 1. The fourth-order valence-corrected chi connectivity index (χ4v) is 1.89. The smallest absolute Gasteiger partial charge is 0.251 e. The third-order valence-corrected chi connectivity index (χ3v) is 2.86. The average Bonchev–Trinajstić information content (AvgIpc) is 2.82. The first-order valence-electron chi connectivity index (χ1n) is 5.22. The van der Waals surface area contributed by atoms with Crippen molar-refractivity contribution in [2.45, 2.75) is 13.0 Å². The number of nitrogens with zero attached hydrogens (tertiary/aromatic N) is 1. The molecule has 4 nitrogen and oxygen atoms in total. The Morgan fingerprint density at radius 1 is 1.53 bits per heavy atom. The van der Waals surface area contributed by atoms with Crippen LogP contribution in [0.2, 0.25) is 0 Å². The third kappa shape index (κ3) is 2.94. The van der Waals surface area contributed by atoms with Gasteiger partial charge in [-0.25, -0.2) is 4.98 Å². The van der Waals surface area contributed by atoms with E-state index >= 15 is 0 Å². The van der Waals surface area contributed by atoms with Gasteiger partial charge >= 0.3 is 0 Å². The molecule has 1 aromatic carbocycles. The van der Waals surface area contributed by atoms with Gasteiger partial charge in [0.2, 0.25) is 0 Å². The Kier molecular flexibility index (Phi) is 3.58. The first-order chi connectivity index (χ1) is 8.16. The fourth-order valence-electron chi connectivity index (χ4n) is 1.49. The molecular weight excluding hydrogens is 282 g/mol. The summed E-state index contributed by atoms with van der Waals surface area (Å²) in [6.07, 6.45) is 3.40. The zero-order chi connectivity index (χ0) is 12.3. The highest BCUT2D eigenvalue weighted by Crippen LogP contribution is 2.13. The van der Waals surface area contributed by atoms with Crippen LogP contribution in [-0.4, -0.2) is 15.9 Å². The summed E-state index contributed by atoms with van der Waals surface area (Å²) in [6.45, 7) is 1.88. The number of rotatable bonds is 3. The van der Waals surface area contributed by atoms with E-state index in [0.29, 0.717) is 5.56 Å². The van der Waals surface area contributed by atoms with Gasteiger partial charge in [0.1, 0.15) is 5.82 Å². The summed E-state index contributed by atoms with van der Waals surface area (Å²) in [4.78, 5) is 19.0. The summed E-state index contributed by atoms with van der Waals surface area (Å²) in [6, 6.07) is 7.12. The number of nitrogens with one attached hydrogen (secondary N) is 2. The van der Waals surface area contributed by atoms with E-state index in [-0.39, 0.29) is 11.9 Å². The topological polar surface area (TPSA) is 57.8 Å². The Morgan fingerprint density at radius 3 is 3.00 bits per heavy atom. The number of benzene rings is 1. The van der Waals surface area contributed by atoms with Crippen LogP contribution in [0.1, 0.15) is 29.1 Å². The van der Waals surface area contributed by atoms with Gasteiger partial charge in [0.15, 0.2) is 0 Å². The van der Waals surface area contributed by atoms with Crippen LogP contribution >= 0.6 is 15.9 Å². The van der Waals surface area contributed by atoms with Crippen molar-refractivity contribution < 1.29 is 4.79 Å². The van der Waals surface area contributed by atoms with Gasteiger partial charge in [0, 0.05) is 22.4 Å². The molecule has 2 N–H and O–H groups in total. The van der Waals surface area contributed by atoms with Crippen molar-refractivity contribution in [1.29, 1.82) is 0 Å². The molecule has 2 aromatic rings. The Balaban J connectivity index is 2.07. The highest BCUT2D eigenvalue weighted by molar-refractivity contribution is 9.10. The van der Waals surface area contributed by atoms with E-state index in [9.17, 15) is 4.79 Å². The molecular formula is C12H12BrN3O. The number of imidazole rings is 1. The number of carbonyl (C=O) groups excluding carboxylic acids is 1. The van der Waals surface area contributed by atoms with Crippen LogP contribution in [0.25, 0.3) is 0 Å². The Hall–Kier alpha value is -1.62. The van der Waals surface area contributed by atoms with Crippen LogP contribution in [0.5, 0.6) is 0 Å². The summed E-state index contributed by atoms with van der Waals surface area (Å²) in [5.74, 6) is 0.628. The molecule has 5 heteroatoms. The van der Waals surface area contributed by atoms with Crippen molar-refractivity contribution in [1.82, 2.24) is 15.3 Å². The Labute approximate surface area is 108 Å². The minimum absolute atomic E-state index is 0.116. The number of carbonyl (C=O) groups is 1. The zero-order valence-electron chi connectivity index (χ0n) is 9.27. The normalized spacial score (nSPS) is 12.1. The molecule has 0 spiro atoms. The van der Waals surface area contributed by atoms with Gasteiger partial charge in [0.25, 0.3) is 5.91 Å². The summed E-state index contributed by atoms with van der Waals surface area (Å²) < 4.78 is 0.885. The lowest BCUT2D eigenvalue weighted by Crippen LogP contribution is -2.27. The minimum atomic E-state index is -0.142. The van der Waals surface area contributed by atoms with Gasteiger partial charge in [-0.05, 0) is 25.1 Å². The molecule has 1 aromatic heterocycles. The molecule has 17 heavy (non-hydrogen) atoms. The number of halogens is 1. The van der Waals surface area contributed by atoms with Crippen molar-refractivity contribution in [3.8, 4) is 0 Å². The monoisotopic (exact) mass is 293 g/mol. The summed E-state index contributed by atoms with van der Waals surface area (Å²) in [5, 5.41) is 2.87. The van der Waals surface area contributed by atoms with E-state index in [0.717, 1.165) is 10.3 Å². The van der Waals surface area contributed by atoms with Crippen LogP contribution in [0, 0.1) is 0 Å². The fraction of sp³-hybridized carbons (Fsp3) is 0.167. The van der Waals surface area contributed by atoms with E-state index in [1.54, 1.807) is 24.5 Å². The molecule has 88 valence electrons. The number of aromatic nitrogens is 2. The van der Waals surface area contributed by atoms with Gasteiger partial charge in [-0.3, -0.25) is 4.79 Å². The quantitative estimate of drug-likeness (QED) is 0.914. The molecule has 0 aliphatic carbocycles. The number of amides is 1. The highest BCUT2D eigenvalue weighted by atomic mass is 79.9. The van der Waals surface area contributed by atoms with Gasteiger partial charge in [-0.15, -0.1) is 0 Å². The molecule has 0 bridgehead atoms. The van der Waals surface area contributed by atoms with Gasteiger partial charge in [-0.2, -0.15) is 0 Å². The second-order valence-corrected chi connectivity index (χ2v) is 4.60.